The van der Waals surface area contributed by atoms with Crippen LogP contribution in [0.4, 0.5) is 4.39 Å². The Balaban J connectivity index is 1.85. The van der Waals surface area contributed by atoms with Crippen molar-refractivity contribution in [3.05, 3.63) is 35.7 Å². The van der Waals surface area contributed by atoms with Crippen molar-refractivity contribution < 1.29 is 23.5 Å². The number of esters is 1. The highest BCUT2D eigenvalue weighted by atomic mass is 19.1. The number of carbonyl (C=O) groups is 2. The Labute approximate surface area is 140 Å². The van der Waals surface area contributed by atoms with Crippen molar-refractivity contribution in [2.24, 2.45) is 0 Å². The number of hydrogen-bond donors (Lipinski definition) is 1. The van der Waals surface area contributed by atoms with E-state index in [1.165, 1.54) is 38.3 Å². The summed E-state index contributed by atoms with van der Waals surface area (Å²) in [6.07, 6.45) is 5.88. The first-order valence-corrected chi connectivity index (χ1v) is 8.02. The third-order valence-electron chi connectivity index (χ3n) is 3.95. The van der Waals surface area contributed by atoms with Crippen molar-refractivity contribution in [1.82, 2.24) is 5.32 Å². The summed E-state index contributed by atoms with van der Waals surface area (Å²) in [4.78, 5) is 23.7. The minimum absolute atomic E-state index is 0.131. The molecule has 1 aromatic rings. The van der Waals surface area contributed by atoms with Crippen LogP contribution in [-0.2, 0) is 14.3 Å². The monoisotopic (exact) mass is 335 g/mol. The molecule has 1 aliphatic carbocycles. The fourth-order valence-electron chi connectivity index (χ4n) is 2.61. The quantitative estimate of drug-likeness (QED) is 0.641. The van der Waals surface area contributed by atoms with Crippen molar-refractivity contribution in [1.29, 1.82) is 0 Å². The molecule has 0 spiro atoms. The Morgan fingerprint density at radius 2 is 2.04 bits per heavy atom. The van der Waals surface area contributed by atoms with Gasteiger partial charge in [0, 0.05) is 12.1 Å². The predicted octanol–water partition coefficient (Wildman–Crippen LogP) is 2.84. The molecule has 1 amide bonds. The number of methoxy groups -OCH3 is 1. The smallest absolute Gasteiger partial charge is 0.331 e. The molecule has 24 heavy (non-hydrogen) atoms. The zero-order chi connectivity index (χ0) is 17.5. The van der Waals surface area contributed by atoms with Gasteiger partial charge in [-0.05, 0) is 43.5 Å². The van der Waals surface area contributed by atoms with Crippen molar-refractivity contribution in [2.45, 2.75) is 44.8 Å². The van der Waals surface area contributed by atoms with Gasteiger partial charge >= 0.3 is 5.97 Å². The standard InChI is InChI=1S/C18H22FNO4/c1-12(18(22)20-14-5-3-4-6-14)24-17(21)10-8-13-7-9-16(23-2)15(19)11-13/h7-12,14H,3-6H2,1-2H3,(H,20,22)/b10-8+/t12-/m1/s1. The summed E-state index contributed by atoms with van der Waals surface area (Å²) in [6.45, 7) is 1.53. The Hall–Kier alpha value is -2.37. The van der Waals surface area contributed by atoms with Gasteiger partial charge in [0.05, 0.1) is 7.11 Å². The molecule has 0 unspecified atom stereocenters. The van der Waals surface area contributed by atoms with Crippen LogP contribution in [0.2, 0.25) is 0 Å². The first-order valence-electron chi connectivity index (χ1n) is 8.02. The Morgan fingerprint density at radius 3 is 2.67 bits per heavy atom. The van der Waals surface area contributed by atoms with Gasteiger partial charge < -0.3 is 14.8 Å². The summed E-state index contributed by atoms with van der Waals surface area (Å²) in [5.41, 5.74) is 0.494. The van der Waals surface area contributed by atoms with Crippen molar-refractivity contribution in [3.8, 4) is 5.75 Å². The largest absolute Gasteiger partial charge is 0.494 e. The average molecular weight is 335 g/mol. The molecule has 1 fully saturated rings. The summed E-state index contributed by atoms with van der Waals surface area (Å²) in [6, 6.07) is 4.51. The molecular weight excluding hydrogens is 313 g/mol. The van der Waals surface area contributed by atoms with E-state index in [1.54, 1.807) is 6.07 Å². The number of benzene rings is 1. The summed E-state index contributed by atoms with van der Waals surface area (Å²) >= 11 is 0. The topological polar surface area (TPSA) is 64.6 Å². The molecule has 0 radical (unpaired) electrons. The lowest BCUT2D eigenvalue weighted by atomic mass is 10.2. The number of amides is 1. The molecule has 1 aromatic carbocycles. The molecule has 0 saturated heterocycles. The van der Waals surface area contributed by atoms with Crippen LogP contribution in [0.3, 0.4) is 0 Å². The van der Waals surface area contributed by atoms with E-state index in [0.29, 0.717) is 5.56 Å². The minimum Gasteiger partial charge on any atom is -0.494 e. The molecular formula is C18H22FNO4. The van der Waals surface area contributed by atoms with Gasteiger partial charge in [0.15, 0.2) is 17.7 Å². The molecule has 0 aromatic heterocycles. The van der Waals surface area contributed by atoms with Crippen LogP contribution in [0, 0.1) is 5.82 Å². The van der Waals surface area contributed by atoms with Crippen LogP contribution >= 0.6 is 0 Å². The van der Waals surface area contributed by atoms with Gasteiger partial charge in [-0.2, -0.15) is 0 Å². The van der Waals surface area contributed by atoms with Gasteiger partial charge in [0.1, 0.15) is 0 Å². The summed E-state index contributed by atoms with van der Waals surface area (Å²) in [7, 11) is 1.38. The van der Waals surface area contributed by atoms with E-state index >= 15 is 0 Å². The fraction of sp³-hybridized carbons (Fsp3) is 0.444. The molecule has 1 N–H and O–H groups in total. The maximum Gasteiger partial charge on any atom is 0.331 e. The van der Waals surface area contributed by atoms with Crippen LogP contribution in [0.1, 0.15) is 38.2 Å². The third kappa shape index (κ3) is 5.08. The van der Waals surface area contributed by atoms with E-state index in [9.17, 15) is 14.0 Å². The van der Waals surface area contributed by atoms with Crippen LogP contribution in [0.5, 0.6) is 5.75 Å². The predicted molar refractivity (Wildman–Crippen MR) is 87.9 cm³/mol. The number of nitrogens with one attached hydrogen (secondary N) is 1. The molecule has 0 heterocycles. The van der Waals surface area contributed by atoms with Gasteiger partial charge in [-0.25, -0.2) is 9.18 Å². The van der Waals surface area contributed by atoms with E-state index in [0.717, 1.165) is 25.7 Å². The minimum atomic E-state index is -0.865. The maximum atomic E-state index is 13.6. The molecule has 0 aliphatic heterocycles. The maximum absolute atomic E-state index is 13.6. The number of rotatable bonds is 6. The van der Waals surface area contributed by atoms with E-state index in [4.69, 9.17) is 9.47 Å². The summed E-state index contributed by atoms with van der Waals surface area (Å²) in [5.74, 6) is -1.33. The summed E-state index contributed by atoms with van der Waals surface area (Å²) in [5, 5.41) is 2.87. The molecule has 6 heteroatoms. The molecule has 1 aliphatic rings. The normalized spacial score (nSPS) is 16.1. The fourth-order valence-corrected chi connectivity index (χ4v) is 2.61. The van der Waals surface area contributed by atoms with Gasteiger partial charge in [-0.15, -0.1) is 0 Å². The lowest BCUT2D eigenvalue weighted by molar-refractivity contribution is -0.150. The molecule has 1 saturated carbocycles. The van der Waals surface area contributed by atoms with Gasteiger partial charge in [0.2, 0.25) is 0 Å². The SMILES string of the molecule is COc1ccc(/C=C/C(=O)O[C@H](C)C(=O)NC2CCCC2)cc1F. The van der Waals surface area contributed by atoms with Crippen LogP contribution in [0.15, 0.2) is 24.3 Å². The van der Waals surface area contributed by atoms with Gasteiger partial charge in [-0.1, -0.05) is 18.9 Å². The zero-order valence-corrected chi connectivity index (χ0v) is 13.9. The van der Waals surface area contributed by atoms with E-state index in [1.807, 2.05) is 0 Å². The Bertz CT molecular complexity index is 623. The zero-order valence-electron chi connectivity index (χ0n) is 13.9. The highest BCUT2D eigenvalue weighted by molar-refractivity contribution is 5.90. The Morgan fingerprint density at radius 1 is 1.33 bits per heavy atom. The van der Waals surface area contributed by atoms with E-state index < -0.39 is 17.9 Å². The van der Waals surface area contributed by atoms with Crippen molar-refractivity contribution >= 4 is 18.0 Å². The van der Waals surface area contributed by atoms with Crippen LogP contribution < -0.4 is 10.1 Å². The molecule has 5 nitrogen and oxygen atoms in total. The molecule has 130 valence electrons. The average Bonchev–Trinajstić information content (AvgIpc) is 3.06. The second kappa shape index (κ2) is 8.47. The molecule has 0 bridgehead atoms. The first kappa shape index (κ1) is 18.0. The lowest BCUT2D eigenvalue weighted by Crippen LogP contribution is -2.40. The lowest BCUT2D eigenvalue weighted by Gasteiger charge is -2.16. The van der Waals surface area contributed by atoms with Crippen LogP contribution in [0.25, 0.3) is 6.08 Å². The molecule has 2 rings (SSSR count). The number of halogens is 1. The summed E-state index contributed by atoms with van der Waals surface area (Å²) < 4.78 is 23.4. The molecule has 1 atom stereocenters. The number of hydrogen-bond acceptors (Lipinski definition) is 4. The van der Waals surface area contributed by atoms with Crippen molar-refractivity contribution in [2.75, 3.05) is 7.11 Å². The number of ether oxygens (including phenoxy) is 2. The second-order valence-electron chi connectivity index (χ2n) is 5.80. The van der Waals surface area contributed by atoms with Gasteiger partial charge in [0.25, 0.3) is 5.91 Å². The van der Waals surface area contributed by atoms with Crippen LogP contribution in [-0.4, -0.2) is 31.1 Å². The first-order chi connectivity index (χ1) is 11.5. The third-order valence-corrected chi connectivity index (χ3v) is 3.95. The second-order valence-corrected chi connectivity index (χ2v) is 5.80. The van der Waals surface area contributed by atoms with Gasteiger partial charge in [-0.3, -0.25) is 4.79 Å². The van der Waals surface area contributed by atoms with E-state index in [2.05, 4.69) is 5.32 Å². The highest BCUT2D eigenvalue weighted by Crippen LogP contribution is 2.19. The van der Waals surface area contributed by atoms with E-state index in [-0.39, 0.29) is 17.7 Å². The van der Waals surface area contributed by atoms with Crippen molar-refractivity contribution in [3.63, 3.8) is 0 Å². The number of carbonyl (C=O) groups excluding carboxylic acids is 2. The Kier molecular flexibility index (Phi) is 6.35. The highest BCUT2D eigenvalue weighted by Gasteiger charge is 2.22.